The van der Waals surface area contributed by atoms with Gasteiger partial charge >= 0.3 is 0 Å². The molecule has 1 aliphatic rings. The summed E-state index contributed by atoms with van der Waals surface area (Å²) in [5.41, 5.74) is 1.23. The molecule has 1 aromatic heterocycles. The Morgan fingerprint density at radius 2 is 2.27 bits per heavy atom. The summed E-state index contributed by atoms with van der Waals surface area (Å²) in [5.74, 6) is 0. The SMILES string of the molecule is Cc1cc(C)c(C(O)C2CCCCN2)s1. The first-order valence-corrected chi connectivity index (χ1v) is 6.48. The van der Waals surface area contributed by atoms with E-state index in [1.54, 1.807) is 11.3 Å². The highest BCUT2D eigenvalue weighted by Crippen LogP contribution is 2.31. The van der Waals surface area contributed by atoms with Crippen LogP contribution in [0.2, 0.25) is 0 Å². The van der Waals surface area contributed by atoms with Crippen molar-refractivity contribution in [2.45, 2.75) is 45.3 Å². The third-order valence-electron chi connectivity index (χ3n) is 3.08. The molecule has 2 nitrogen and oxygen atoms in total. The fraction of sp³-hybridized carbons (Fsp3) is 0.667. The molecule has 1 aliphatic heterocycles. The maximum absolute atomic E-state index is 10.3. The largest absolute Gasteiger partial charge is 0.386 e. The van der Waals surface area contributed by atoms with E-state index in [9.17, 15) is 5.11 Å². The summed E-state index contributed by atoms with van der Waals surface area (Å²) >= 11 is 1.73. The van der Waals surface area contributed by atoms with Crippen LogP contribution >= 0.6 is 11.3 Å². The maximum atomic E-state index is 10.3. The zero-order valence-corrected chi connectivity index (χ0v) is 10.2. The zero-order chi connectivity index (χ0) is 10.8. The van der Waals surface area contributed by atoms with Crippen molar-refractivity contribution in [2.24, 2.45) is 0 Å². The quantitative estimate of drug-likeness (QED) is 0.810. The van der Waals surface area contributed by atoms with Crippen LogP contribution in [-0.4, -0.2) is 17.7 Å². The molecule has 0 radical (unpaired) electrons. The predicted octanol–water partition coefficient (Wildman–Crippen LogP) is 2.54. The topological polar surface area (TPSA) is 32.3 Å². The van der Waals surface area contributed by atoms with E-state index in [-0.39, 0.29) is 12.1 Å². The first kappa shape index (κ1) is 11.1. The minimum Gasteiger partial charge on any atom is -0.386 e. The van der Waals surface area contributed by atoms with Gasteiger partial charge in [-0.05, 0) is 44.9 Å². The minimum absolute atomic E-state index is 0.260. The van der Waals surface area contributed by atoms with E-state index in [2.05, 4.69) is 25.2 Å². The first-order valence-electron chi connectivity index (χ1n) is 5.67. The summed E-state index contributed by atoms with van der Waals surface area (Å²) in [6.45, 7) is 5.23. The fourth-order valence-corrected chi connectivity index (χ4v) is 3.37. The third kappa shape index (κ3) is 2.41. The van der Waals surface area contributed by atoms with E-state index in [4.69, 9.17) is 0 Å². The van der Waals surface area contributed by atoms with Crippen LogP contribution in [-0.2, 0) is 0 Å². The molecule has 1 fully saturated rings. The van der Waals surface area contributed by atoms with Gasteiger partial charge in [0.05, 0.1) is 0 Å². The average molecular weight is 225 g/mol. The van der Waals surface area contributed by atoms with Crippen LogP contribution < -0.4 is 5.32 Å². The molecule has 0 aromatic carbocycles. The molecule has 2 N–H and O–H groups in total. The van der Waals surface area contributed by atoms with Gasteiger partial charge in [-0.15, -0.1) is 11.3 Å². The van der Waals surface area contributed by atoms with Crippen molar-refractivity contribution in [3.8, 4) is 0 Å². The Morgan fingerprint density at radius 3 is 2.80 bits per heavy atom. The second kappa shape index (κ2) is 4.64. The standard InChI is InChI=1S/C12H19NOS/c1-8-7-9(2)15-12(8)11(14)10-5-3-4-6-13-10/h7,10-11,13-14H,3-6H2,1-2H3. The van der Waals surface area contributed by atoms with E-state index < -0.39 is 0 Å². The van der Waals surface area contributed by atoms with Crippen molar-refractivity contribution in [3.05, 3.63) is 21.4 Å². The molecule has 0 bridgehead atoms. The van der Waals surface area contributed by atoms with E-state index in [1.807, 2.05) is 0 Å². The molecule has 1 saturated heterocycles. The van der Waals surface area contributed by atoms with Crippen molar-refractivity contribution in [2.75, 3.05) is 6.54 Å². The Bertz CT molecular complexity index is 328. The number of hydrogen-bond acceptors (Lipinski definition) is 3. The van der Waals surface area contributed by atoms with Gasteiger partial charge in [-0.3, -0.25) is 0 Å². The maximum Gasteiger partial charge on any atom is 0.104 e. The van der Waals surface area contributed by atoms with Gasteiger partial charge in [0.1, 0.15) is 6.10 Å². The molecule has 84 valence electrons. The van der Waals surface area contributed by atoms with Gasteiger partial charge < -0.3 is 10.4 Å². The van der Waals surface area contributed by atoms with Crippen molar-refractivity contribution in [3.63, 3.8) is 0 Å². The Kier molecular flexibility index (Phi) is 3.44. The number of aliphatic hydroxyl groups is 1. The Balaban J connectivity index is 2.12. The van der Waals surface area contributed by atoms with Crippen LogP contribution in [0.1, 0.15) is 40.7 Å². The highest BCUT2D eigenvalue weighted by atomic mass is 32.1. The fourth-order valence-electron chi connectivity index (χ4n) is 2.28. The monoisotopic (exact) mass is 225 g/mol. The number of piperidine rings is 1. The molecule has 0 saturated carbocycles. The van der Waals surface area contributed by atoms with Gasteiger partial charge in [0, 0.05) is 15.8 Å². The number of thiophene rings is 1. The molecule has 1 aromatic rings. The summed E-state index contributed by atoms with van der Waals surface area (Å²) in [6.07, 6.45) is 3.26. The van der Waals surface area contributed by atoms with Crippen LogP contribution in [0.25, 0.3) is 0 Å². The Morgan fingerprint density at radius 1 is 1.47 bits per heavy atom. The van der Waals surface area contributed by atoms with Crippen LogP contribution in [0.4, 0.5) is 0 Å². The second-order valence-electron chi connectivity index (χ2n) is 4.41. The molecular weight excluding hydrogens is 206 g/mol. The number of aliphatic hydroxyl groups excluding tert-OH is 1. The van der Waals surface area contributed by atoms with E-state index in [0.29, 0.717) is 0 Å². The Hall–Kier alpha value is -0.380. The molecule has 2 rings (SSSR count). The number of rotatable bonds is 2. The van der Waals surface area contributed by atoms with Crippen LogP contribution in [0.5, 0.6) is 0 Å². The van der Waals surface area contributed by atoms with Gasteiger partial charge in [0.15, 0.2) is 0 Å². The summed E-state index contributed by atoms with van der Waals surface area (Å²) in [6, 6.07) is 2.42. The molecule has 2 unspecified atom stereocenters. The van der Waals surface area contributed by atoms with Crippen molar-refractivity contribution in [1.29, 1.82) is 0 Å². The summed E-state index contributed by atoms with van der Waals surface area (Å²) in [5, 5.41) is 13.7. The number of aryl methyl sites for hydroxylation is 2. The lowest BCUT2D eigenvalue weighted by Crippen LogP contribution is -2.38. The minimum atomic E-state index is -0.316. The van der Waals surface area contributed by atoms with Crippen LogP contribution in [0, 0.1) is 13.8 Å². The van der Waals surface area contributed by atoms with Crippen LogP contribution in [0.3, 0.4) is 0 Å². The summed E-state index contributed by atoms with van der Waals surface area (Å²) < 4.78 is 0. The highest BCUT2D eigenvalue weighted by Gasteiger charge is 2.24. The molecule has 0 aliphatic carbocycles. The molecule has 2 heterocycles. The Labute approximate surface area is 95.3 Å². The smallest absolute Gasteiger partial charge is 0.104 e. The third-order valence-corrected chi connectivity index (χ3v) is 4.30. The molecule has 0 spiro atoms. The summed E-state index contributed by atoms with van der Waals surface area (Å²) in [4.78, 5) is 2.43. The second-order valence-corrected chi connectivity index (χ2v) is 5.69. The summed E-state index contributed by atoms with van der Waals surface area (Å²) in [7, 11) is 0. The van der Waals surface area contributed by atoms with Gasteiger partial charge in [0.25, 0.3) is 0 Å². The van der Waals surface area contributed by atoms with Gasteiger partial charge in [-0.2, -0.15) is 0 Å². The molecule has 3 heteroatoms. The van der Waals surface area contributed by atoms with Crippen LogP contribution in [0.15, 0.2) is 6.07 Å². The number of nitrogens with one attached hydrogen (secondary N) is 1. The molecule has 0 amide bonds. The zero-order valence-electron chi connectivity index (χ0n) is 9.42. The predicted molar refractivity (Wildman–Crippen MR) is 64.4 cm³/mol. The van der Waals surface area contributed by atoms with Gasteiger partial charge in [0.2, 0.25) is 0 Å². The molecular formula is C12H19NOS. The van der Waals surface area contributed by atoms with Crippen molar-refractivity contribution >= 4 is 11.3 Å². The lowest BCUT2D eigenvalue weighted by atomic mass is 9.98. The lowest BCUT2D eigenvalue weighted by molar-refractivity contribution is 0.116. The van der Waals surface area contributed by atoms with Crippen molar-refractivity contribution < 1.29 is 5.11 Å². The highest BCUT2D eigenvalue weighted by molar-refractivity contribution is 7.12. The van der Waals surface area contributed by atoms with Gasteiger partial charge in [-0.1, -0.05) is 6.42 Å². The van der Waals surface area contributed by atoms with E-state index in [1.165, 1.54) is 23.3 Å². The molecule has 2 atom stereocenters. The molecule has 15 heavy (non-hydrogen) atoms. The first-order chi connectivity index (χ1) is 7.18. The average Bonchev–Trinajstić information content (AvgIpc) is 2.58. The number of hydrogen-bond donors (Lipinski definition) is 2. The lowest BCUT2D eigenvalue weighted by Gasteiger charge is -2.27. The van der Waals surface area contributed by atoms with E-state index >= 15 is 0 Å². The van der Waals surface area contributed by atoms with Gasteiger partial charge in [-0.25, -0.2) is 0 Å². The van der Waals surface area contributed by atoms with E-state index in [0.717, 1.165) is 17.8 Å². The van der Waals surface area contributed by atoms with Crippen molar-refractivity contribution in [1.82, 2.24) is 5.32 Å². The normalized spacial score (nSPS) is 24.1.